The second-order valence-electron chi connectivity index (χ2n) is 4.51. The molecule has 2 aromatic carbocycles. The molecule has 1 amide bonds. The van der Waals surface area contributed by atoms with E-state index in [0.29, 0.717) is 18.7 Å². The van der Waals surface area contributed by atoms with Gasteiger partial charge in [0, 0.05) is 16.5 Å². The molecule has 0 fully saturated rings. The Labute approximate surface area is 134 Å². The van der Waals surface area contributed by atoms with Crippen LogP contribution in [0.1, 0.15) is 10.4 Å². The number of carbonyl (C=O) groups excluding carboxylic acids is 1. The van der Waals surface area contributed by atoms with Gasteiger partial charge in [-0.15, -0.1) is 11.8 Å². The predicted molar refractivity (Wildman–Crippen MR) is 89.0 cm³/mol. The average molecular weight is 317 g/mol. The number of carbonyl (C=O) groups is 1. The number of hydrogen-bond donors (Lipinski definition) is 1. The van der Waals surface area contributed by atoms with E-state index in [2.05, 4.69) is 5.32 Å². The second-order valence-corrected chi connectivity index (χ2v) is 5.39. The number of benzene rings is 2. The quantitative estimate of drug-likeness (QED) is 0.629. The summed E-state index contributed by atoms with van der Waals surface area (Å²) in [5.41, 5.74) is 0.652. The Hall–Kier alpha value is -2.14. The van der Waals surface area contributed by atoms with Gasteiger partial charge in [-0.05, 0) is 42.7 Å². The van der Waals surface area contributed by atoms with Crippen molar-refractivity contribution < 1.29 is 14.3 Å². The van der Waals surface area contributed by atoms with E-state index in [0.717, 1.165) is 16.4 Å². The molecule has 0 aliphatic heterocycles. The molecule has 0 unspecified atom stereocenters. The van der Waals surface area contributed by atoms with Gasteiger partial charge in [-0.3, -0.25) is 4.79 Å². The first-order chi connectivity index (χ1) is 10.7. The zero-order valence-electron chi connectivity index (χ0n) is 12.7. The molecule has 22 heavy (non-hydrogen) atoms. The number of nitrogens with one attached hydrogen (secondary N) is 1. The third-order valence-electron chi connectivity index (χ3n) is 3.05. The highest BCUT2D eigenvalue weighted by Gasteiger charge is 2.04. The molecule has 116 valence electrons. The van der Waals surface area contributed by atoms with E-state index < -0.39 is 0 Å². The van der Waals surface area contributed by atoms with Gasteiger partial charge in [-0.25, -0.2) is 0 Å². The Bertz CT molecular complexity index is 614. The summed E-state index contributed by atoms with van der Waals surface area (Å²) in [4.78, 5) is 13.1. The van der Waals surface area contributed by atoms with Crippen molar-refractivity contribution in [1.29, 1.82) is 0 Å². The Kier molecular flexibility index (Phi) is 6.15. The third kappa shape index (κ3) is 4.70. The summed E-state index contributed by atoms with van der Waals surface area (Å²) in [6, 6.07) is 14.9. The molecule has 0 radical (unpaired) electrons. The monoisotopic (exact) mass is 317 g/mol. The van der Waals surface area contributed by atoms with Crippen LogP contribution in [-0.4, -0.2) is 32.4 Å². The van der Waals surface area contributed by atoms with Crippen LogP contribution in [0.5, 0.6) is 11.5 Å². The lowest BCUT2D eigenvalue weighted by Gasteiger charge is -2.09. The minimum absolute atomic E-state index is 0.0955. The van der Waals surface area contributed by atoms with Gasteiger partial charge >= 0.3 is 0 Å². The first kappa shape index (κ1) is 16.2. The number of amides is 1. The van der Waals surface area contributed by atoms with Crippen molar-refractivity contribution in [3.05, 3.63) is 54.1 Å². The summed E-state index contributed by atoms with van der Waals surface area (Å²) in [6.07, 6.45) is 2.00. The molecule has 1 N–H and O–H groups in total. The lowest BCUT2D eigenvalue weighted by Crippen LogP contribution is -2.28. The number of thioether (sulfide) groups is 1. The molecule has 2 aromatic rings. The number of ether oxygens (including phenoxy) is 2. The number of rotatable bonds is 7. The fourth-order valence-electron chi connectivity index (χ4n) is 1.87. The molecule has 0 spiro atoms. The minimum Gasteiger partial charge on any atom is -0.497 e. The molecule has 0 bridgehead atoms. The second kappa shape index (κ2) is 8.34. The van der Waals surface area contributed by atoms with E-state index in [1.165, 1.54) is 0 Å². The summed E-state index contributed by atoms with van der Waals surface area (Å²) in [5, 5.41) is 2.83. The van der Waals surface area contributed by atoms with E-state index in [9.17, 15) is 4.79 Å². The summed E-state index contributed by atoms with van der Waals surface area (Å²) >= 11 is 1.65. The van der Waals surface area contributed by atoms with Crippen LogP contribution in [-0.2, 0) is 0 Å². The molecular weight excluding hydrogens is 298 g/mol. The van der Waals surface area contributed by atoms with Crippen LogP contribution in [0, 0.1) is 0 Å². The average Bonchev–Trinajstić information content (AvgIpc) is 2.58. The van der Waals surface area contributed by atoms with Crippen LogP contribution in [0.3, 0.4) is 0 Å². The van der Waals surface area contributed by atoms with E-state index in [1.54, 1.807) is 18.9 Å². The molecule has 0 aliphatic carbocycles. The van der Waals surface area contributed by atoms with Crippen LogP contribution in [0.15, 0.2) is 53.4 Å². The zero-order chi connectivity index (χ0) is 15.8. The van der Waals surface area contributed by atoms with Gasteiger partial charge in [-0.1, -0.05) is 6.07 Å². The lowest BCUT2D eigenvalue weighted by molar-refractivity contribution is 0.0947. The summed E-state index contributed by atoms with van der Waals surface area (Å²) in [7, 11) is 1.61. The first-order valence-electron chi connectivity index (χ1n) is 6.92. The maximum absolute atomic E-state index is 12.0. The molecule has 2 rings (SSSR count). The summed E-state index contributed by atoms with van der Waals surface area (Å²) in [6.45, 7) is 0.849. The lowest BCUT2D eigenvalue weighted by atomic mass is 10.2. The Morgan fingerprint density at radius 1 is 1.14 bits per heavy atom. The maximum atomic E-state index is 12.0. The van der Waals surface area contributed by atoms with Crippen molar-refractivity contribution >= 4 is 17.7 Å². The highest BCUT2D eigenvalue weighted by Crippen LogP contribution is 2.18. The van der Waals surface area contributed by atoms with Gasteiger partial charge in [0.15, 0.2) is 0 Å². The molecular formula is C17H19NO3S. The fourth-order valence-corrected chi connectivity index (χ4v) is 2.28. The van der Waals surface area contributed by atoms with E-state index in [4.69, 9.17) is 9.47 Å². The van der Waals surface area contributed by atoms with E-state index >= 15 is 0 Å². The van der Waals surface area contributed by atoms with Crippen LogP contribution < -0.4 is 14.8 Å². The number of methoxy groups -OCH3 is 1. The third-order valence-corrected chi connectivity index (χ3v) is 3.79. The van der Waals surface area contributed by atoms with Crippen LogP contribution in [0.2, 0.25) is 0 Å². The first-order valence-corrected chi connectivity index (χ1v) is 8.14. The molecule has 5 heteroatoms. The van der Waals surface area contributed by atoms with E-state index in [-0.39, 0.29) is 5.91 Å². The standard InChI is InChI=1S/C17H19NO3S/c1-20-14-4-3-5-15(12-14)21-11-10-18-17(19)13-6-8-16(22-2)9-7-13/h3-9,12H,10-11H2,1-2H3,(H,18,19). The van der Waals surface area contributed by atoms with Gasteiger partial charge < -0.3 is 14.8 Å². The van der Waals surface area contributed by atoms with Crippen molar-refractivity contribution in [2.45, 2.75) is 4.90 Å². The topological polar surface area (TPSA) is 47.6 Å². The zero-order valence-corrected chi connectivity index (χ0v) is 13.5. The van der Waals surface area contributed by atoms with Crippen LogP contribution in [0.4, 0.5) is 0 Å². The Balaban J connectivity index is 1.76. The van der Waals surface area contributed by atoms with Gasteiger partial charge in [0.1, 0.15) is 18.1 Å². The molecule has 0 saturated heterocycles. The summed E-state index contributed by atoms with van der Waals surface area (Å²) in [5.74, 6) is 1.37. The van der Waals surface area contributed by atoms with Gasteiger partial charge in [0.2, 0.25) is 0 Å². The smallest absolute Gasteiger partial charge is 0.251 e. The highest BCUT2D eigenvalue weighted by atomic mass is 32.2. The van der Waals surface area contributed by atoms with Crippen molar-refractivity contribution in [3.63, 3.8) is 0 Å². The van der Waals surface area contributed by atoms with Gasteiger partial charge in [0.25, 0.3) is 5.91 Å². The predicted octanol–water partition coefficient (Wildman–Crippen LogP) is 3.23. The largest absolute Gasteiger partial charge is 0.497 e. The molecule has 0 aliphatic rings. The molecule has 0 atom stereocenters. The molecule has 0 heterocycles. The SMILES string of the molecule is COc1cccc(OCCNC(=O)c2ccc(SC)cc2)c1. The summed E-state index contributed by atoms with van der Waals surface area (Å²) < 4.78 is 10.7. The Morgan fingerprint density at radius 2 is 1.86 bits per heavy atom. The van der Waals surface area contributed by atoms with Crippen molar-refractivity contribution in [2.75, 3.05) is 26.5 Å². The van der Waals surface area contributed by atoms with Crippen molar-refractivity contribution in [3.8, 4) is 11.5 Å². The van der Waals surface area contributed by atoms with Gasteiger partial charge in [-0.2, -0.15) is 0 Å². The van der Waals surface area contributed by atoms with Gasteiger partial charge in [0.05, 0.1) is 13.7 Å². The molecule has 4 nitrogen and oxygen atoms in total. The number of hydrogen-bond acceptors (Lipinski definition) is 4. The molecule has 0 saturated carbocycles. The van der Waals surface area contributed by atoms with Crippen LogP contribution in [0.25, 0.3) is 0 Å². The van der Waals surface area contributed by atoms with Crippen LogP contribution >= 0.6 is 11.8 Å². The maximum Gasteiger partial charge on any atom is 0.251 e. The normalized spacial score (nSPS) is 10.1. The van der Waals surface area contributed by atoms with Crippen molar-refractivity contribution in [1.82, 2.24) is 5.32 Å². The van der Waals surface area contributed by atoms with E-state index in [1.807, 2.05) is 54.8 Å². The minimum atomic E-state index is -0.0955. The van der Waals surface area contributed by atoms with Crippen molar-refractivity contribution in [2.24, 2.45) is 0 Å². The Morgan fingerprint density at radius 3 is 2.55 bits per heavy atom. The fraction of sp³-hybridized carbons (Fsp3) is 0.235. The highest BCUT2D eigenvalue weighted by molar-refractivity contribution is 7.98. The molecule has 0 aromatic heterocycles.